The molecule has 0 fully saturated rings. The maximum Gasteiger partial charge on any atom is 0.266 e. The van der Waals surface area contributed by atoms with Crippen LogP contribution in [0.15, 0.2) is 60.0 Å². The van der Waals surface area contributed by atoms with Gasteiger partial charge < -0.3 is 0 Å². The molecule has 118 valence electrons. The Labute approximate surface area is 146 Å². The highest BCUT2D eigenvalue weighted by atomic mass is 35.5. The Morgan fingerprint density at radius 1 is 1.13 bits per heavy atom. The number of thiophene rings is 1. The molecule has 6 heteroatoms. The third-order valence-electron chi connectivity index (χ3n) is 3.44. The Balaban J connectivity index is 2.01. The first-order valence-corrected chi connectivity index (χ1v) is 9.19. The third-order valence-corrected chi connectivity index (χ3v) is 5.38. The van der Waals surface area contributed by atoms with E-state index in [4.69, 9.17) is 11.6 Å². The van der Waals surface area contributed by atoms with E-state index in [2.05, 4.69) is 0 Å². The van der Waals surface area contributed by atoms with E-state index in [0.29, 0.717) is 16.4 Å². The quantitative estimate of drug-likeness (QED) is 0.608. The van der Waals surface area contributed by atoms with Crippen molar-refractivity contribution in [2.75, 3.05) is 4.31 Å². The molecular weight excluding hydrogens is 350 g/mol. The summed E-state index contributed by atoms with van der Waals surface area (Å²) in [4.78, 5) is 1.01. The number of para-hydroxylation sites is 1. The highest BCUT2D eigenvalue weighted by Crippen LogP contribution is 2.37. The van der Waals surface area contributed by atoms with E-state index in [9.17, 15) is 8.76 Å². The molecular formula is C17H14ClNO2S2. The van der Waals surface area contributed by atoms with E-state index in [1.54, 1.807) is 0 Å². The summed E-state index contributed by atoms with van der Waals surface area (Å²) >= 11 is 5.30. The summed E-state index contributed by atoms with van der Waals surface area (Å²) in [6.45, 7) is 1.92. The van der Waals surface area contributed by atoms with Gasteiger partial charge in [-0.1, -0.05) is 41.9 Å². The van der Waals surface area contributed by atoms with Crippen LogP contribution in [-0.2, 0) is 11.3 Å². The first-order chi connectivity index (χ1) is 11.1. The van der Waals surface area contributed by atoms with E-state index in [0.717, 1.165) is 16.0 Å². The molecule has 0 amide bonds. The minimum absolute atomic E-state index is 0.684. The smallest absolute Gasteiger partial charge is 0.266 e. The molecule has 1 heterocycles. The van der Waals surface area contributed by atoms with Crippen molar-refractivity contribution >= 4 is 45.6 Å². The number of benzene rings is 2. The first kappa shape index (κ1) is 16.2. The number of hydrogen-bond acceptors (Lipinski definition) is 2. The Hall–Kier alpha value is -1.66. The predicted molar refractivity (Wildman–Crippen MR) is 98.9 cm³/mol. The zero-order chi connectivity index (χ0) is 16.4. The number of rotatable bonds is 4. The average Bonchev–Trinajstić information content (AvgIpc) is 2.99. The molecule has 23 heavy (non-hydrogen) atoms. The van der Waals surface area contributed by atoms with Crippen molar-refractivity contribution < 1.29 is 8.76 Å². The van der Waals surface area contributed by atoms with Gasteiger partial charge in [-0.05, 0) is 42.3 Å². The fraction of sp³-hybridized carbons (Fsp3) is 0.0588. The Morgan fingerprint density at radius 3 is 2.48 bits per heavy atom. The molecule has 0 aliphatic rings. The number of halogens is 1. The summed E-state index contributed by atoms with van der Waals surface area (Å²) in [7, 11) is 0. The largest absolute Gasteiger partial charge is 0.289 e. The highest BCUT2D eigenvalue weighted by Gasteiger charge is 2.18. The van der Waals surface area contributed by atoms with Crippen LogP contribution in [0, 0.1) is 6.92 Å². The zero-order valence-electron chi connectivity index (χ0n) is 12.3. The van der Waals surface area contributed by atoms with Gasteiger partial charge >= 0.3 is 0 Å². The average molecular weight is 364 g/mol. The summed E-state index contributed by atoms with van der Waals surface area (Å²) < 4.78 is 23.0. The summed E-state index contributed by atoms with van der Waals surface area (Å²) in [6.07, 6.45) is 0. The van der Waals surface area contributed by atoms with Crippen molar-refractivity contribution in [2.24, 2.45) is 0 Å². The Morgan fingerprint density at radius 2 is 1.83 bits per heavy atom. The molecule has 1 N–H and O–H groups in total. The van der Waals surface area contributed by atoms with E-state index in [1.165, 1.54) is 15.6 Å². The van der Waals surface area contributed by atoms with E-state index in [-0.39, 0.29) is 0 Å². The van der Waals surface area contributed by atoms with Crippen LogP contribution in [0.2, 0.25) is 5.02 Å². The molecule has 0 spiro atoms. The number of nitrogens with zero attached hydrogens (tertiary/aromatic N) is 1. The normalized spacial score (nSPS) is 12.1. The van der Waals surface area contributed by atoms with Crippen LogP contribution >= 0.6 is 22.9 Å². The van der Waals surface area contributed by atoms with Gasteiger partial charge in [0.05, 0.1) is 11.4 Å². The third kappa shape index (κ3) is 3.48. The summed E-state index contributed by atoms with van der Waals surface area (Å²) in [6, 6.07) is 17.0. The minimum Gasteiger partial charge on any atom is -0.289 e. The first-order valence-electron chi connectivity index (χ1n) is 6.87. The molecule has 0 aliphatic carbocycles. The second-order valence-corrected chi connectivity index (χ2v) is 7.16. The van der Waals surface area contributed by atoms with Crippen molar-refractivity contribution in [3.8, 4) is 10.4 Å². The fourth-order valence-corrected chi connectivity index (χ4v) is 4.04. The number of hydrogen-bond donors (Lipinski definition) is 1. The van der Waals surface area contributed by atoms with Gasteiger partial charge in [0.15, 0.2) is 0 Å². The lowest BCUT2D eigenvalue weighted by Gasteiger charge is -2.20. The molecule has 0 saturated carbocycles. The molecule has 3 rings (SSSR count). The highest BCUT2D eigenvalue weighted by molar-refractivity contribution is 7.81. The van der Waals surface area contributed by atoms with Crippen LogP contribution in [0.1, 0.15) is 5.56 Å². The zero-order valence-corrected chi connectivity index (χ0v) is 14.7. The lowest BCUT2D eigenvalue weighted by Crippen LogP contribution is -2.19. The molecule has 0 radical (unpaired) electrons. The predicted octanol–water partition coefficient (Wildman–Crippen LogP) is 5.65. The minimum atomic E-state index is -2.14. The Kier molecular flexibility index (Phi) is 4.82. The summed E-state index contributed by atoms with van der Waals surface area (Å²) in [5.41, 5.74) is 3.37. The molecule has 0 saturated heterocycles. The van der Waals surface area contributed by atoms with Crippen molar-refractivity contribution in [3.63, 3.8) is 0 Å². The maximum atomic E-state index is 11.9. The van der Waals surface area contributed by atoms with Crippen LogP contribution in [-0.4, -0.2) is 8.76 Å². The van der Waals surface area contributed by atoms with Crippen molar-refractivity contribution in [1.82, 2.24) is 0 Å². The molecule has 2 aromatic carbocycles. The summed E-state index contributed by atoms with van der Waals surface area (Å²) in [5.74, 6) is 0. The van der Waals surface area contributed by atoms with Gasteiger partial charge in [-0.15, -0.1) is 11.3 Å². The van der Waals surface area contributed by atoms with Gasteiger partial charge in [0.1, 0.15) is 0 Å². The van der Waals surface area contributed by atoms with Crippen molar-refractivity contribution in [1.29, 1.82) is 0 Å². The van der Waals surface area contributed by atoms with Crippen LogP contribution < -0.4 is 4.31 Å². The van der Waals surface area contributed by atoms with Crippen molar-refractivity contribution in [3.05, 3.63) is 70.6 Å². The van der Waals surface area contributed by atoms with Gasteiger partial charge in [0, 0.05) is 15.3 Å². The maximum absolute atomic E-state index is 11.9. The number of aryl methyl sites for hydroxylation is 1. The standard InChI is InChI=1S/C17H14ClNO2S2/c1-12-4-2-3-5-16(12)19(23(20)21)15-10-17(22-11-15)13-6-8-14(18)9-7-13/h2-11H,1H3,(H,20,21). The molecule has 1 aromatic heterocycles. The topological polar surface area (TPSA) is 40.5 Å². The molecule has 3 aromatic rings. The molecule has 0 aliphatic heterocycles. The molecule has 1 unspecified atom stereocenters. The van der Waals surface area contributed by atoms with E-state index >= 15 is 0 Å². The van der Waals surface area contributed by atoms with Crippen LogP contribution in [0.5, 0.6) is 0 Å². The lowest BCUT2D eigenvalue weighted by atomic mass is 10.2. The van der Waals surface area contributed by atoms with Gasteiger partial charge in [0.25, 0.3) is 11.3 Å². The van der Waals surface area contributed by atoms with Gasteiger partial charge in [-0.3, -0.25) is 4.55 Å². The Bertz CT molecular complexity index is 846. The second-order valence-electron chi connectivity index (χ2n) is 4.99. The van der Waals surface area contributed by atoms with Crippen LogP contribution in [0.4, 0.5) is 11.4 Å². The van der Waals surface area contributed by atoms with Gasteiger partial charge in [0.2, 0.25) is 0 Å². The van der Waals surface area contributed by atoms with E-state index in [1.807, 2.05) is 66.9 Å². The van der Waals surface area contributed by atoms with Crippen LogP contribution in [0.25, 0.3) is 10.4 Å². The SMILES string of the molecule is Cc1ccccc1N(c1csc(-c2ccc(Cl)cc2)c1)S(=O)O. The molecule has 0 bridgehead atoms. The second kappa shape index (κ2) is 6.84. The summed E-state index contributed by atoms with van der Waals surface area (Å²) in [5, 5.41) is 2.56. The number of anilines is 2. The molecule has 1 atom stereocenters. The van der Waals surface area contributed by atoms with E-state index < -0.39 is 11.3 Å². The van der Waals surface area contributed by atoms with Gasteiger partial charge in [-0.25, -0.2) is 8.51 Å². The van der Waals surface area contributed by atoms with Gasteiger partial charge in [-0.2, -0.15) is 0 Å². The lowest BCUT2D eigenvalue weighted by molar-refractivity contribution is 0.564. The van der Waals surface area contributed by atoms with Crippen LogP contribution in [0.3, 0.4) is 0 Å². The monoisotopic (exact) mass is 363 g/mol. The molecule has 3 nitrogen and oxygen atoms in total. The fourth-order valence-electron chi connectivity index (χ4n) is 2.30. The van der Waals surface area contributed by atoms with Crippen molar-refractivity contribution in [2.45, 2.75) is 6.92 Å².